The zero-order valence-corrected chi connectivity index (χ0v) is 16.9. The molecule has 2 N–H and O–H groups in total. The summed E-state index contributed by atoms with van der Waals surface area (Å²) in [6, 6.07) is 7.67. The van der Waals surface area contributed by atoms with Crippen molar-refractivity contribution < 1.29 is 24.2 Å². The van der Waals surface area contributed by atoms with Gasteiger partial charge in [-0.25, -0.2) is 9.78 Å². The highest BCUT2D eigenvalue weighted by molar-refractivity contribution is 7.16. The first kappa shape index (κ1) is 21.0. The van der Waals surface area contributed by atoms with Crippen molar-refractivity contribution in [1.29, 1.82) is 0 Å². The Morgan fingerprint density at radius 2 is 2.00 bits per heavy atom. The number of nitrogens with zero attached hydrogens (tertiary/aromatic N) is 2. The second-order valence-electron chi connectivity index (χ2n) is 6.41. The van der Waals surface area contributed by atoms with E-state index in [9.17, 15) is 9.59 Å². The van der Waals surface area contributed by atoms with E-state index in [1.165, 1.54) is 11.3 Å². The highest BCUT2D eigenvalue weighted by Crippen LogP contribution is 2.31. The van der Waals surface area contributed by atoms with Crippen molar-refractivity contribution in [3.05, 3.63) is 41.3 Å². The van der Waals surface area contributed by atoms with Gasteiger partial charge >= 0.3 is 5.97 Å². The molecule has 0 unspecified atom stereocenters. The first-order valence-electron chi connectivity index (χ1n) is 9.24. The fraction of sp³-hybridized carbons (Fsp3) is 0.350. The van der Waals surface area contributed by atoms with Crippen LogP contribution in [0.15, 0.2) is 36.4 Å². The molecule has 1 amide bonds. The third kappa shape index (κ3) is 6.38. The maximum absolute atomic E-state index is 11.7. The average Bonchev–Trinajstić information content (AvgIpc) is 3.07. The third-order valence-electron chi connectivity index (χ3n) is 4.31. The van der Waals surface area contributed by atoms with Crippen molar-refractivity contribution in [2.45, 2.75) is 6.92 Å². The number of hydrogen-bond donors (Lipinski definition) is 2. The zero-order chi connectivity index (χ0) is 20.6. The Morgan fingerprint density at radius 3 is 2.69 bits per heavy atom. The van der Waals surface area contributed by atoms with Crippen molar-refractivity contribution in [3.8, 4) is 17.0 Å². The van der Waals surface area contributed by atoms with Crippen molar-refractivity contribution in [3.63, 3.8) is 0 Å². The largest absolute Gasteiger partial charge is 0.492 e. The Morgan fingerprint density at radius 1 is 1.28 bits per heavy atom. The van der Waals surface area contributed by atoms with Gasteiger partial charge < -0.3 is 14.6 Å². The summed E-state index contributed by atoms with van der Waals surface area (Å²) in [5, 5.41) is 11.6. The quantitative estimate of drug-likeness (QED) is 0.636. The van der Waals surface area contributed by atoms with Gasteiger partial charge in [-0.05, 0) is 31.2 Å². The van der Waals surface area contributed by atoms with Gasteiger partial charge in [-0.3, -0.25) is 15.0 Å². The average molecular weight is 417 g/mol. The van der Waals surface area contributed by atoms with E-state index in [4.69, 9.17) is 14.6 Å². The summed E-state index contributed by atoms with van der Waals surface area (Å²) in [5.74, 6) is -0.914. The van der Waals surface area contributed by atoms with Crippen molar-refractivity contribution in [1.82, 2.24) is 9.88 Å². The van der Waals surface area contributed by atoms with Crippen LogP contribution in [0.5, 0.6) is 5.75 Å². The molecule has 0 radical (unpaired) electrons. The molecule has 2 aromatic rings. The van der Waals surface area contributed by atoms with Gasteiger partial charge in [0.1, 0.15) is 12.4 Å². The number of carboxylic acid groups (broad SMARTS) is 1. The Kier molecular flexibility index (Phi) is 7.34. The van der Waals surface area contributed by atoms with Crippen molar-refractivity contribution in [2.24, 2.45) is 0 Å². The van der Waals surface area contributed by atoms with Gasteiger partial charge in [0.15, 0.2) is 5.13 Å². The smallest absolute Gasteiger partial charge is 0.328 e. The summed E-state index contributed by atoms with van der Waals surface area (Å²) in [5.41, 5.74) is 1.69. The minimum absolute atomic E-state index is 0.420. The molecule has 8 nitrogen and oxygen atoms in total. The molecule has 1 fully saturated rings. The van der Waals surface area contributed by atoms with Crippen LogP contribution in [0, 0.1) is 6.92 Å². The fourth-order valence-corrected chi connectivity index (χ4v) is 3.68. The Balaban J connectivity index is 1.55. The molecule has 1 aromatic carbocycles. The molecule has 1 aromatic heterocycles. The number of aliphatic carboxylic acids is 1. The number of nitrogens with one attached hydrogen (secondary N) is 1. The van der Waals surface area contributed by atoms with Crippen LogP contribution in [0.2, 0.25) is 0 Å². The highest BCUT2D eigenvalue weighted by atomic mass is 32.1. The van der Waals surface area contributed by atoms with Crippen LogP contribution < -0.4 is 10.1 Å². The molecule has 1 saturated heterocycles. The number of aryl methyl sites for hydroxylation is 1. The molecule has 1 aliphatic heterocycles. The number of hydrogen-bond acceptors (Lipinski definition) is 7. The van der Waals surface area contributed by atoms with Crippen LogP contribution in [0.25, 0.3) is 11.3 Å². The van der Waals surface area contributed by atoms with Crippen LogP contribution >= 0.6 is 11.3 Å². The predicted octanol–water partition coefficient (Wildman–Crippen LogP) is 2.41. The van der Waals surface area contributed by atoms with Gasteiger partial charge in [-0.1, -0.05) is 0 Å². The van der Waals surface area contributed by atoms with E-state index in [0.29, 0.717) is 11.7 Å². The standard InChI is InChI=1S/C20H23N3O5S/c1-14-19(22-20(29-14)21-17(24)6-7-18(25)26)15-2-4-16(5-3-15)28-13-10-23-8-11-27-12-9-23/h2-7H,8-13H2,1H3,(H,25,26)(H,21,22,24)/b7-6+. The number of aromatic nitrogens is 1. The maximum Gasteiger partial charge on any atom is 0.328 e. The Bertz CT molecular complexity index is 873. The molecule has 29 heavy (non-hydrogen) atoms. The van der Waals surface area contributed by atoms with E-state index in [1.807, 2.05) is 31.2 Å². The number of carbonyl (C=O) groups excluding carboxylic acids is 1. The molecule has 0 aliphatic carbocycles. The number of benzene rings is 1. The number of carbonyl (C=O) groups is 2. The van der Waals surface area contributed by atoms with Gasteiger partial charge in [-0.15, -0.1) is 11.3 Å². The third-order valence-corrected chi connectivity index (χ3v) is 5.20. The van der Waals surface area contributed by atoms with Gasteiger partial charge in [0.05, 0.1) is 18.9 Å². The lowest BCUT2D eigenvalue weighted by Gasteiger charge is -2.26. The monoisotopic (exact) mass is 417 g/mol. The second-order valence-corrected chi connectivity index (χ2v) is 7.61. The lowest BCUT2D eigenvalue weighted by atomic mass is 10.1. The summed E-state index contributed by atoms with van der Waals surface area (Å²) < 4.78 is 11.2. The molecule has 9 heteroatoms. The second kappa shape index (κ2) is 10.1. The van der Waals surface area contributed by atoms with E-state index in [0.717, 1.165) is 66.9 Å². The van der Waals surface area contributed by atoms with Crippen molar-refractivity contribution in [2.75, 3.05) is 44.8 Å². The highest BCUT2D eigenvalue weighted by Gasteiger charge is 2.12. The summed E-state index contributed by atoms with van der Waals surface area (Å²) in [7, 11) is 0. The molecule has 1 aliphatic rings. The lowest BCUT2D eigenvalue weighted by Crippen LogP contribution is -2.38. The Labute approximate surface area is 172 Å². The number of rotatable bonds is 8. The first-order chi connectivity index (χ1) is 14.0. The van der Waals surface area contributed by atoms with Gasteiger partial charge in [0.2, 0.25) is 5.91 Å². The number of carboxylic acids is 1. The maximum atomic E-state index is 11.7. The van der Waals surface area contributed by atoms with Crippen molar-refractivity contribution >= 4 is 28.3 Å². The topological polar surface area (TPSA) is 101 Å². The first-order valence-corrected chi connectivity index (χ1v) is 10.1. The minimum atomic E-state index is -1.18. The molecular formula is C20H23N3O5S. The van der Waals surface area contributed by atoms with Gasteiger partial charge in [-0.2, -0.15) is 0 Å². The van der Waals surface area contributed by atoms with E-state index >= 15 is 0 Å². The molecule has 0 saturated carbocycles. The van der Waals surface area contributed by atoms with Crippen LogP contribution in [-0.2, 0) is 14.3 Å². The normalized spacial score (nSPS) is 14.8. The van der Waals surface area contributed by atoms with Gasteiger partial charge in [0, 0.05) is 42.2 Å². The number of anilines is 1. The molecule has 3 rings (SSSR count). The number of amides is 1. The Hall–Kier alpha value is -2.75. The van der Waals surface area contributed by atoms with Crippen LogP contribution in [0.4, 0.5) is 5.13 Å². The molecule has 0 spiro atoms. The summed E-state index contributed by atoms with van der Waals surface area (Å²) in [4.78, 5) is 29.9. The SMILES string of the molecule is Cc1sc(NC(=O)/C=C/C(=O)O)nc1-c1ccc(OCCN2CCOCC2)cc1. The number of ether oxygens (including phenoxy) is 2. The van der Waals surface area contributed by atoms with Crippen LogP contribution in [-0.4, -0.2) is 66.3 Å². The van der Waals surface area contributed by atoms with E-state index < -0.39 is 11.9 Å². The van der Waals surface area contributed by atoms with E-state index in [-0.39, 0.29) is 0 Å². The minimum Gasteiger partial charge on any atom is -0.492 e. The number of thiazole rings is 1. The zero-order valence-electron chi connectivity index (χ0n) is 16.1. The van der Waals surface area contributed by atoms with Gasteiger partial charge in [0.25, 0.3) is 0 Å². The summed E-state index contributed by atoms with van der Waals surface area (Å²) in [6.45, 7) is 6.85. The van der Waals surface area contributed by atoms with Crippen LogP contribution in [0.1, 0.15) is 4.88 Å². The summed E-state index contributed by atoms with van der Waals surface area (Å²) in [6.07, 6.45) is 1.75. The fourth-order valence-electron chi connectivity index (χ4n) is 2.84. The predicted molar refractivity (Wildman–Crippen MR) is 110 cm³/mol. The van der Waals surface area contributed by atoms with Crippen LogP contribution in [0.3, 0.4) is 0 Å². The molecular weight excluding hydrogens is 394 g/mol. The van der Waals surface area contributed by atoms with E-state index in [1.54, 1.807) is 0 Å². The lowest BCUT2D eigenvalue weighted by molar-refractivity contribution is -0.131. The molecule has 0 atom stereocenters. The molecule has 0 bridgehead atoms. The van der Waals surface area contributed by atoms with E-state index in [2.05, 4.69) is 15.2 Å². The summed E-state index contributed by atoms with van der Waals surface area (Å²) >= 11 is 1.33. The molecule has 154 valence electrons. The molecule has 2 heterocycles. The number of morpholine rings is 1.